The molecule has 1 nitrogen and oxygen atoms in total. The number of alkyl halides is 2. The Labute approximate surface area is 116 Å². The van der Waals surface area contributed by atoms with E-state index in [2.05, 4.69) is 0 Å². The van der Waals surface area contributed by atoms with Crippen LogP contribution in [-0.2, 0) is 12.8 Å². The first-order valence-electron chi connectivity index (χ1n) is 6.29. The van der Waals surface area contributed by atoms with Crippen molar-refractivity contribution in [3.63, 3.8) is 0 Å². The molecular weight excluding hydrogens is 265 g/mol. The second-order valence-corrected chi connectivity index (χ2v) is 4.50. The highest BCUT2D eigenvalue weighted by Gasteiger charge is 2.13. The Balaban J connectivity index is 2.04. The molecule has 0 radical (unpaired) electrons. The van der Waals surface area contributed by atoms with Crippen LogP contribution in [0.2, 0.25) is 0 Å². The fourth-order valence-electron chi connectivity index (χ4n) is 2.00. The van der Waals surface area contributed by atoms with E-state index in [1.54, 1.807) is 13.2 Å². The summed E-state index contributed by atoms with van der Waals surface area (Å²) in [4.78, 5) is 0. The minimum absolute atomic E-state index is 0.530. The number of ether oxygens (including phenoxy) is 1. The summed E-state index contributed by atoms with van der Waals surface area (Å²) in [5, 5.41) is 0. The number of methoxy groups -OCH3 is 1. The van der Waals surface area contributed by atoms with Crippen molar-refractivity contribution in [3.8, 4) is 5.75 Å². The van der Waals surface area contributed by atoms with E-state index in [1.165, 1.54) is 6.07 Å². The zero-order valence-electron chi connectivity index (χ0n) is 11.1. The molecule has 4 heteroatoms. The first kappa shape index (κ1) is 14.4. The van der Waals surface area contributed by atoms with E-state index in [-0.39, 0.29) is 0 Å². The lowest BCUT2D eigenvalue weighted by Gasteiger charge is -2.07. The van der Waals surface area contributed by atoms with Crippen molar-refractivity contribution >= 4 is 0 Å². The number of hydrogen-bond donors (Lipinski definition) is 0. The second kappa shape index (κ2) is 6.46. The van der Waals surface area contributed by atoms with Gasteiger partial charge in [-0.25, -0.2) is 13.2 Å². The Morgan fingerprint density at radius 2 is 1.55 bits per heavy atom. The van der Waals surface area contributed by atoms with Gasteiger partial charge in [0.25, 0.3) is 6.43 Å². The van der Waals surface area contributed by atoms with Gasteiger partial charge >= 0.3 is 0 Å². The van der Waals surface area contributed by atoms with Crippen LogP contribution in [-0.4, -0.2) is 7.11 Å². The topological polar surface area (TPSA) is 9.23 Å². The van der Waals surface area contributed by atoms with Gasteiger partial charge in [0.05, 0.1) is 12.7 Å². The van der Waals surface area contributed by atoms with Crippen LogP contribution >= 0.6 is 0 Å². The minimum atomic E-state index is -2.78. The van der Waals surface area contributed by atoms with Crippen LogP contribution in [0.3, 0.4) is 0 Å². The lowest BCUT2D eigenvalue weighted by molar-refractivity contribution is 0.146. The van der Waals surface area contributed by atoms with Crippen LogP contribution in [0.1, 0.15) is 23.1 Å². The van der Waals surface area contributed by atoms with Gasteiger partial charge in [-0.2, -0.15) is 0 Å². The Morgan fingerprint density at radius 1 is 0.950 bits per heavy atom. The molecule has 0 saturated carbocycles. The minimum Gasteiger partial charge on any atom is -0.497 e. The maximum atomic E-state index is 13.2. The molecule has 0 aromatic heterocycles. The van der Waals surface area contributed by atoms with Gasteiger partial charge in [-0.05, 0) is 48.2 Å². The van der Waals surface area contributed by atoms with Gasteiger partial charge in [0.15, 0.2) is 0 Å². The lowest BCUT2D eigenvalue weighted by atomic mass is 10.0. The average Bonchev–Trinajstić information content (AvgIpc) is 2.46. The molecule has 2 aromatic carbocycles. The van der Waals surface area contributed by atoms with Gasteiger partial charge in [-0.1, -0.05) is 18.2 Å². The van der Waals surface area contributed by atoms with E-state index >= 15 is 0 Å². The van der Waals surface area contributed by atoms with Crippen molar-refractivity contribution in [2.75, 3.05) is 7.11 Å². The molecule has 0 aliphatic rings. The fraction of sp³-hybridized carbons (Fsp3) is 0.250. The van der Waals surface area contributed by atoms with E-state index in [1.807, 2.05) is 24.3 Å². The smallest absolute Gasteiger partial charge is 0.266 e. The molecule has 0 saturated heterocycles. The first-order valence-corrected chi connectivity index (χ1v) is 6.29. The van der Waals surface area contributed by atoms with Crippen molar-refractivity contribution in [1.29, 1.82) is 0 Å². The zero-order chi connectivity index (χ0) is 14.5. The maximum absolute atomic E-state index is 13.2. The van der Waals surface area contributed by atoms with E-state index in [0.717, 1.165) is 17.4 Å². The predicted molar refractivity (Wildman–Crippen MR) is 71.8 cm³/mol. The van der Waals surface area contributed by atoms with Crippen LogP contribution in [0, 0.1) is 5.82 Å². The Morgan fingerprint density at radius 3 is 2.15 bits per heavy atom. The highest BCUT2D eigenvalue weighted by Crippen LogP contribution is 2.23. The molecule has 0 bridgehead atoms. The monoisotopic (exact) mass is 280 g/mol. The molecule has 20 heavy (non-hydrogen) atoms. The van der Waals surface area contributed by atoms with Crippen LogP contribution in [0.15, 0.2) is 42.5 Å². The summed E-state index contributed by atoms with van der Waals surface area (Å²) in [5.74, 6) is -0.0799. The number of benzene rings is 2. The lowest BCUT2D eigenvalue weighted by Crippen LogP contribution is -1.96. The number of hydrogen-bond acceptors (Lipinski definition) is 1. The molecule has 0 amide bonds. The first-order chi connectivity index (χ1) is 9.60. The number of rotatable bonds is 5. The van der Waals surface area contributed by atoms with Crippen LogP contribution in [0.4, 0.5) is 13.2 Å². The van der Waals surface area contributed by atoms with E-state index < -0.39 is 17.8 Å². The Bertz CT molecular complexity index is 564. The molecule has 0 fully saturated rings. The van der Waals surface area contributed by atoms with Gasteiger partial charge in [0, 0.05) is 0 Å². The summed E-state index contributed by atoms with van der Waals surface area (Å²) >= 11 is 0. The molecule has 0 aliphatic heterocycles. The SMILES string of the molecule is COc1ccc(CCc2ccc(F)c(C(F)F)c2)cc1. The molecule has 0 heterocycles. The molecule has 0 N–H and O–H groups in total. The molecular formula is C16H15F3O. The van der Waals surface area contributed by atoms with Gasteiger partial charge in [0.1, 0.15) is 11.6 Å². The third kappa shape index (κ3) is 3.53. The summed E-state index contributed by atoms with van der Waals surface area (Å²) in [7, 11) is 1.60. The van der Waals surface area contributed by atoms with Crippen molar-refractivity contribution in [1.82, 2.24) is 0 Å². The maximum Gasteiger partial charge on any atom is 0.266 e. The van der Waals surface area contributed by atoms with Crippen molar-refractivity contribution in [2.24, 2.45) is 0 Å². The fourth-order valence-corrected chi connectivity index (χ4v) is 2.00. The summed E-state index contributed by atoms with van der Waals surface area (Å²) in [6.07, 6.45) is -1.49. The van der Waals surface area contributed by atoms with Crippen LogP contribution in [0.25, 0.3) is 0 Å². The van der Waals surface area contributed by atoms with E-state index in [4.69, 9.17) is 4.74 Å². The highest BCUT2D eigenvalue weighted by atomic mass is 19.3. The van der Waals surface area contributed by atoms with E-state index in [0.29, 0.717) is 18.4 Å². The molecule has 0 unspecified atom stereocenters. The Hall–Kier alpha value is -1.97. The normalized spacial score (nSPS) is 10.8. The van der Waals surface area contributed by atoms with Crippen molar-refractivity contribution in [2.45, 2.75) is 19.3 Å². The van der Waals surface area contributed by atoms with Gasteiger partial charge in [0.2, 0.25) is 0 Å². The third-order valence-corrected chi connectivity index (χ3v) is 3.16. The van der Waals surface area contributed by atoms with E-state index in [9.17, 15) is 13.2 Å². The number of halogens is 3. The number of aryl methyl sites for hydroxylation is 2. The summed E-state index contributed by atoms with van der Waals surface area (Å²) in [6, 6.07) is 11.4. The largest absolute Gasteiger partial charge is 0.497 e. The second-order valence-electron chi connectivity index (χ2n) is 4.50. The molecule has 0 spiro atoms. The summed E-state index contributed by atoms with van der Waals surface area (Å²) in [5.41, 5.74) is 1.25. The average molecular weight is 280 g/mol. The third-order valence-electron chi connectivity index (χ3n) is 3.16. The molecule has 2 aromatic rings. The summed E-state index contributed by atoms with van der Waals surface area (Å²) in [6.45, 7) is 0. The molecule has 0 aliphatic carbocycles. The van der Waals surface area contributed by atoms with Crippen LogP contribution < -0.4 is 4.74 Å². The zero-order valence-corrected chi connectivity index (χ0v) is 11.1. The summed E-state index contributed by atoms with van der Waals surface area (Å²) < 4.78 is 43.4. The van der Waals surface area contributed by atoms with Crippen molar-refractivity contribution < 1.29 is 17.9 Å². The molecule has 2 rings (SSSR count). The highest BCUT2D eigenvalue weighted by molar-refractivity contribution is 5.30. The van der Waals surface area contributed by atoms with Gasteiger partial charge < -0.3 is 4.74 Å². The van der Waals surface area contributed by atoms with Gasteiger partial charge in [-0.15, -0.1) is 0 Å². The van der Waals surface area contributed by atoms with Gasteiger partial charge in [-0.3, -0.25) is 0 Å². The molecule has 0 atom stereocenters. The van der Waals surface area contributed by atoms with Crippen LogP contribution in [0.5, 0.6) is 5.75 Å². The predicted octanol–water partition coefficient (Wildman–Crippen LogP) is 4.56. The quantitative estimate of drug-likeness (QED) is 0.780. The Kier molecular flexibility index (Phi) is 4.66. The standard InChI is InChI=1S/C16H15F3O/c1-20-13-7-4-11(5-8-13)2-3-12-6-9-15(17)14(10-12)16(18)19/h4-10,16H,2-3H2,1H3. The molecule has 106 valence electrons. The van der Waals surface area contributed by atoms with Crippen molar-refractivity contribution in [3.05, 3.63) is 65.0 Å².